The fourth-order valence-electron chi connectivity index (χ4n) is 7.24. The van der Waals surface area contributed by atoms with E-state index in [1.807, 2.05) is 0 Å². The van der Waals surface area contributed by atoms with Gasteiger partial charge in [-0.3, -0.25) is 23.5 Å². The van der Waals surface area contributed by atoms with Crippen LogP contribution in [0.25, 0.3) is 22.3 Å². The van der Waals surface area contributed by atoms with Crippen LogP contribution in [-0.2, 0) is 37.0 Å². The molecule has 6 heterocycles. The van der Waals surface area contributed by atoms with Crippen LogP contribution in [0.2, 0.25) is 0 Å². The number of aliphatic hydroxyl groups is 4. The van der Waals surface area contributed by atoms with Crippen molar-refractivity contribution in [2.24, 2.45) is 17.2 Å². The van der Waals surface area contributed by atoms with Gasteiger partial charge in [-0.25, -0.2) is 34.7 Å². The average molecular weight is 944 g/mol. The van der Waals surface area contributed by atoms with Crippen molar-refractivity contribution in [2.45, 2.75) is 92.9 Å². The van der Waals surface area contributed by atoms with E-state index < -0.39 is 118 Å². The topological polar surface area (TPSA) is 444 Å². The Balaban J connectivity index is 1.11. The maximum atomic E-state index is 13.6. The number of nitrogens with zero attached hydrogens (tertiary/aromatic N) is 8. The van der Waals surface area contributed by atoms with Gasteiger partial charge in [0.2, 0.25) is 0 Å². The lowest BCUT2D eigenvalue weighted by molar-refractivity contribution is -0.139. The second-order valence-electron chi connectivity index (χ2n) is 15.8. The first-order valence-electron chi connectivity index (χ1n) is 19.7. The van der Waals surface area contributed by atoms with Crippen molar-refractivity contribution in [3.05, 3.63) is 25.3 Å². The van der Waals surface area contributed by atoms with E-state index in [1.54, 1.807) is 6.26 Å². The highest BCUT2D eigenvalue weighted by atomic mass is 32.3. The van der Waals surface area contributed by atoms with Gasteiger partial charge in [-0.1, -0.05) is 20.6 Å². The molecule has 27 nitrogen and oxygen atoms in total. The summed E-state index contributed by atoms with van der Waals surface area (Å²) >= 11 is 0. The predicted molar refractivity (Wildman–Crippen MR) is 228 cm³/mol. The summed E-state index contributed by atoms with van der Waals surface area (Å²) in [6.45, 7) is 0. The van der Waals surface area contributed by atoms with Gasteiger partial charge in [0.15, 0.2) is 35.4 Å². The molecule has 64 heavy (non-hydrogen) atoms. The van der Waals surface area contributed by atoms with Gasteiger partial charge in [-0.05, 0) is 31.8 Å². The van der Waals surface area contributed by atoms with E-state index in [2.05, 4.69) is 29.9 Å². The maximum Gasteiger partial charge on any atom is 0.333 e. The third-order valence-corrected chi connectivity index (χ3v) is 16.3. The number of anilines is 2. The monoisotopic (exact) mass is 943 g/mol. The van der Waals surface area contributed by atoms with Crippen molar-refractivity contribution in [3.8, 4) is 0 Å². The summed E-state index contributed by atoms with van der Waals surface area (Å²) in [6, 6.07) is -4.09. The quantitative estimate of drug-likeness (QED) is 0.0411. The van der Waals surface area contributed by atoms with Crippen molar-refractivity contribution >= 4 is 78.5 Å². The molecule has 354 valence electrons. The molecule has 2 aliphatic heterocycles. The third-order valence-electron chi connectivity index (χ3n) is 10.9. The first kappa shape index (κ1) is 48.4. The van der Waals surface area contributed by atoms with E-state index in [-0.39, 0.29) is 76.2 Å². The number of rotatable bonds is 20. The van der Waals surface area contributed by atoms with Crippen molar-refractivity contribution in [1.29, 1.82) is 0 Å². The average Bonchev–Trinajstić information content (AvgIpc) is 4.00. The van der Waals surface area contributed by atoms with Crippen LogP contribution in [0.15, 0.2) is 25.3 Å². The number of carboxylic acids is 2. The number of carboxylic acid groups (broad SMARTS) is 2. The van der Waals surface area contributed by atoms with Crippen molar-refractivity contribution in [1.82, 2.24) is 39.0 Å². The first-order chi connectivity index (χ1) is 30.1. The Morgan fingerprint density at radius 2 is 1.08 bits per heavy atom. The Morgan fingerprint density at radius 1 is 0.656 bits per heavy atom. The van der Waals surface area contributed by atoms with Crippen molar-refractivity contribution < 1.29 is 67.7 Å². The first-order valence-corrected chi connectivity index (χ1v) is 24.3. The number of fused-ring (bicyclic) bond motifs is 2. The molecule has 0 radical (unpaired) electrons. The van der Waals surface area contributed by atoms with Crippen LogP contribution in [0.5, 0.6) is 0 Å². The maximum absolute atomic E-state index is 13.6. The zero-order chi connectivity index (χ0) is 46.8. The minimum atomic E-state index is -2.73. The van der Waals surface area contributed by atoms with Gasteiger partial charge in [-0.15, -0.1) is 0 Å². The SMILES string of the molecule is CS(CC[C@H](N)C(=O)O)(C[C@H]1O[C@@H](n2cnc3c(N)ncnc32)[C@H](O)[C@@H]1O)OC(=O)CC[C@@H](N)C(=O)OS(C)(CC[C@H](N)C(=O)O)C[C@H]1O[C@@H](n2cnc3c(N)ncnc32)[C@H](O)[C@@H]1O. The number of aliphatic hydroxyl groups excluding tert-OH is 4. The van der Waals surface area contributed by atoms with Crippen molar-refractivity contribution in [2.75, 3.05) is 47.0 Å². The number of aromatic nitrogens is 8. The Kier molecular flexibility index (Phi) is 14.8. The molecule has 0 spiro atoms. The van der Waals surface area contributed by atoms with Crippen LogP contribution < -0.4 is 28.7 Å². The van der Waals surface area contributed by atoms with Gasteiger partial charge in [-0.2, -0.15) is 0 Å². The van der Waals surface area contributed by atoms with Gasteiger partial charge in [0.1, 0.15) is 66.2 Å². The molecule has 2 fully saturated rings. The number of ether oxygens (including phenoxy) is 2. The lowest BCUT2D eigenvalue weighted by Gasteiger charge is -2.38. The third kappa shape index (κ3) is 10.5. The second-order valence-corrected chi connectivity index (χ2v) is 22.4. The van der Waals surface area contributed by atoms with E-state index in [4.69, 9.17) is 46.5 Å². The molecule has 0 aromatic carbocycles. The summed E-state index contributed by atoms with van der Waals surface area (Å²) < 4.78 is 26.7. The van der Waals surface area contributed by atoms with Crippen LogP contribution in [-0.4, -0.2) is 184 Å². The summed E-state index contributed by atoms with van der Waals surface area (Å²) in [7, 11) is -5.40. The summed E-state index contributed by atoms with van der Waals surface area (Å²) in [5.74, 6) is -4.75. The molecule has 0 bridgehead atoms. The molecule has 0 amide bonds. The smallest absolute Gasteiger partial charge is 0.333 e. The van der Waals surface area contributed by atoms with E-state index >= 15 is 0 Å². The van der Waals surface area contributed by atoms with Gasteiger partial charge in [0, 0.05) is 29.4 Å². The number of carbonyl (C=O) groups excluding carboxylic acids is 2. The standard InChI is InChI=1S/C35H53N13O14S2/c1-63(7-5-15(36)33(54)55,9-18-23(50)25(52)31(59-18)47-13-45-21-27(39)41-11-43-29(21)47)61-20(49)4-3-17(38)35(58)62-64(2,8-6-16(37)34(56)57)10-19-24(51)26(53)32(60-19)48-14-46-22-28(40)42-12-44-30(22)48/h11-19,23-26,31-32,50-53H,3-10,36-38H2,1-2H3,(H,54,55)(H,56,57)(H2,39,41,43)(H2,40,42,44)/t15-,16-,17+,18+,19+,23+,24+,25+,26+,31+,32+/m0/s1. The normalized spacial score (nSPS) is 27.8. The molecule has 6 rings (SSSR count). The number of nitrogen functional groups attached to an aromatic ring is 2. The fourth-order valence-corrected chi connectivity index (χ4v) is 12.4. The molecule has 0 aliphatic carbocycles. The van der Waals surface area contributed by atoms with Crippen LogP contribution in [0, 0.1) is 0 Å². The molecule has 4 aromatic rings. The van der Waals surface area contributed by atoms with Crippen LogP contribution in [0.4, 0.5) is 11.6 Å². The highest BCUT2D eigenvalue weighted by Crippen LogP contribution is 2.51. The summed E-state index contributed by atoms with van der Waals surface area (Å²) in [5.41, 5.74) is 30.5. The molecular formula is C35H53N13O14S2. The van der Waals surface area contributed by atoms with E-state index in [9.17, 15) is 49.8 Å². The van der Waals surface area contributed by atoms with E-state index in [0.717, 1.165) is 0 Å². The van der Waals surface area contributed by atoms with E-state index in [1.165, 1.54) is 40.7 Å². The summed E-state index contributed by atoms with van der Waals surface area (Å²) in [4.78, 5) is 74.7. The zero-order valence-electron chi connectivity index (χ0n) is 34.5. The minimum absolute atomic E-state index is 0.0465. The molecule has 29 heteroatoms. The number of carbonyl (C=O) groups is 4. The second kappa shape index (κ2) is 19.6. The van der Waals surface area contributed by atoms with Gasteiger partial charge in [0.05, 0.1) is 24.9 Å². The van der Waals surface area contributed by atoms with Gasteiger partial charge in [0.25, 0.3) is 0 Å². The molecule has 2 unspecified atom stereocenters. The van der Waals surface area contributed by atoms with Crippen LogP contribution in [0.1, 0.15) is 38.1 Å². The van der Waals surface area contributed by atoms with Gasteiger partial charge < -0.3 is 77.1 Å². The zero-order valence-corrected chi connectivity index (χ0v) is 36.2. The lowest BCUT2D eigenvalue weighted by atomic mass is 10.1. The van der Waals surface area contributed by atoms with Crippen molar-refractivity contribution in [3.63, 3.8) is 0 Å². The molecule has 16 N–H and O–H groups in total. The van der Waals surface area contributed by atoms with Crippen LogP contribution >= 0.6 is 20.6 Å². The number of hydrogen-bond donors (Lipinski definition) is 11. The Labute approximate surface area is 366 Å². The van der Waals surface area contributed by atoms with E-state index in [0.29, 0.717) is 0 Å². The Bertz CT molecular complexity index is 2350. The predicted octanol–water partition coefficient (Wildman–Crippen LogP) is -3.43. The number of aliphatic carboxylic acids is 2. The molecule has 2 aliphatic rings. The summed E-state index contributed by atoms with van der Waals surface area (Å²) in [6.07, 6.45) is -3.68. The number of hydrogen-bond acceptors (Lipinski definition) is 23. The Hall–Kier alpha value is -5.08. The largest absolute Gasteiger partial charge is 0.480 e. The lowest BCUT2D eigenvalue weighted by Crippen LogP contribution is -2.39. The molecule has 13 atom stereocenters. The molecule has 2 saturated heterocycles. The fraction of sp³-hybridized carbons (Fsp3) is 0.600. The van der Waals surface area contributed by atoms with Gasteiger partial charge >= 0.3 is 23.9 Å². The molecular weight excluding hydrogens is 891 g/mol. The number of nitrogens with two attached hydrogens (primary N) is 5. The molecule has 4 aromatic heterocycles. The minimum Gasteiger partial charge on any atom is -0.480 e. The van der Waals surface area contributed by atoms with Crippen LogP contribution in [0.3, 0.4) is 0 Å². The Morgan fingerprint density at radius 3 is 1.50 bits per heavy atom. The summed E-state index contributed by atoms with van der Waals surface area (Å²) in [5, 5.41) is 63.2. The molecule has 0 saturated carbocycles. The highest BCUT2D eigenvalue weighted by Gasteiger charge is 2.48. The number of imidazole rings is 2. The highest BCUT2D eigenvalue weighted by molar-refractivity contribution is 8.29.